The number of nitrogens with one attached hydrogen (secondary N) is 3. The topological polar surface area (TPSA) is 186 Å². The number of amides is 7. The molecule has 2 saturated heterocycles. The first-order valence-corrected chi connectivity index (χ1v) is 19.8. The van der Waals surface area contributed by atoms with Gasteiger partial charge in [-0.2, -0.15) is 18.3 Å². The number of halogens is 4. The molecule has 0 radical (unpaired) electrons. The van der Waals surface area contributed by atoms with Gasteiger partial charge in [-0.3, -0.25) is 33.6 Å². The van der Waals surface area contributed by atoms with E-state index >= 15 is 0 Å². The van der Waals surface area contributed by atoms with Gasteiger partial charge in [-0.15, -0.1) is 0 Å². The molecule has 5 atom stereocenters. The summed E-state index contributed by atoms with van der Waals surface area (Å²) in [4.78, 5) is 80.8. The smallest absolute Gasteiger partial charge is 0.391 e. The molecule has 15 nitrogen and oxygen atoms in total. The van der Waals surface area contributed by atoms with Crippen LogP contribution in [0.5, 0.6) is 0 Å². The molecule has 3 aliphatic rings. The molecule has 2 aromatic carbocycles. The van der Waals surface area contributed by atoms with Crippen molar-refractivity contribution in [1.29, 1.82) is 0 Å². The van der Waals surface area contributed by atoms with Crippen LogP contribution in [0.25, 0.3) is 11.1 Å². The van der Waals surface area contributed by atoms with Crippen LogP contribution in [0.15, 0.2) is 54.9 Å². The third-order valence-corrected chi connectivity index (χ3v) is 11.3. The number of aliphatic hydroxyl groups excluding tert-OH is 1. The molecule has 60 heavy (non-hydrogen) atoms. The fourth-order valence-electron chi connectivity index (χ4n) is 7.98. The minimum Gasteiger partial charge on any atom is -0.391 e. The largest absolute Gasteiger partial charge is 0.408 e. The van der Waals surface area contributed by atoms with E-state index in [1.165, 1.54) is 16.8 Å². The minimum absolute atomic E-state index is 0.0735. The van der Waals surface area contributed by atoms with Crippen LogP contribution in [0.1, 0.15) is 69.6 Å². The maximum absolute atomic E-state index is 13.9. The summed E-state index contributed by atoms with van der Waals surface area (Å²) in [5.41, 5.74) is 1.35. The van der Waals surface area contributed by atoms with Crippen LogP contribution in [0.4, 0.5) is 22.4 Å². The zero-order chi connectivity index (χ0) is 43.5. The highest BCUT2D eigenvalue weighted by Crippen LogP contribution is 2.43. The molecular formula is C41H48F4N8O7. The van der Waals surface area contributed by atoms with Crippen LogP contribution >= 0.6 is 0 Å². The molecule has 1 spiro atoms. The van der Waals surface area contributed by atoms with Crippen molar-refractivity contribution < 1.29 is 51.4 Å². The van der Waals surface area contributed by atoms with E-state index in [-0.39, 0.29) is 55.3 Å². The van der Waals surface area contributed by atoms with E-state index in [2.05, 4.69) is 21.0 Å². The number of aryl methyl sites for hydroxylation is 1. The van der Waals surface area contributed by atoms with E-state index in [0.717, 1.165) is 30.2 Å². The SMILES string of the molecule is C[C@H](NC(=O)CCCCNC(=O)Cn1cc(-c2ccc3c(c2)CC[C@]32NC(=O)N(CC(=O)N(Cc3ccc(F)cc3)[C@@H](C)C(F)(F)F)C2=O)cn1)C(=O)N1C[C@H](O)C[C@H]1C. The summed E-state index contributed by atoms with van der Waals surface area (Å²) >= 11 is 0. The summed E-state index contributed by atoms with van der Waals surface area (Å²) in [5, 5.41) is 22.3. The number of likely N-dealkylation sites (tertiary alicyclic amines) is 1. The molecule has 0 bridgehead atoms. The zero-order valence-corrected chi connectivity index (χ0v) is 33.4. The highest BCUT2D eigenvalue weighted by atomic mass is 19.4. The number of unbranched alkanes of at least 4 members (excludes halogenated alkanes) is 1. The van der Waals surface area contributed by atoms with Crippen molar-refractivity contribution >= 4 is 35.6 Å². The molecule has 322 valence electrons. The number of aliphatic hydroxyl groups is 1. The number of hydrogen-bond donors (Lipinski definition) is 4. The Balaban J connectivity index is 0.993. The van der Waals surface area contributed by atoms with E-state index in [0.29, 0.717) is 53.2 Å². The fourth-order valence-corrected chi connectivity index (χ4v) is 7.98. The number of carbonyl (C=O) groups is 6. The van der Waals surface area contributed by atoms with Crippen LogP contribution in [-0.4, -0.2) is 115 Å². The number of alkyl halides is 3. The van der Waals surface area contributed by atoms with Gasteiger partial charge in [0.15, 0.2) is 0 Å². The lowest BCUT2D eigenvalue weighted by Crippen LogP contribution is -2.51. The van der Waals surface area contributed by atoms with Crippen molar-refractivity contribution in [2.45, 2.75) is 108 Å². The Morgan fingerprint density at radius 3 is 2.45 bits per heavy atom. The van der Waals surface area contributed by atoms with Gasteiger partial charge in [-0.05, 0) is 87.3 Å². The Kier molecular flexibility index (Phi) is 13.0. The lowest BCUT2D eigenvalue weighted by atomic mass is 9.90. The van der Waals surface area contributed by atoms with Crippen molar-refractivity contribution in [3.05, 3.63) is 77.4 Å². The molecule has 1 aliphatic carbocycles. The summed E-state index contributed by atoms with van der Waals surface area (Å²) in [6, 6.07) is 5.87. The first-order chi connectivity index (χ1) is 28.4. The predicted molar refractivity (Wildman–Crippen MR) is 207 cm³/mol. The molecule has 3 aromatic rings. The molecule has 0 saturated carbocycles. The molecule has 2 fully saturated rings. The molecule has 7 amide bonds. The second kappa shape index (κ2) is 17.8. The van der Waals surface area contributed by atoms with E-state index < -0.39 is 66.7 Å². The van der Waals surface area contributed by atoms with Gasteiger partial charge >= 0.3 is 12.2 Å². The minimum atomic E-state index is -4.81. The van der Waals surface area contributed by atoms with Gasteiger partial charge in [0.1, 0.15) is 36.5 Å². The van der Waals surface area contributed by atoms with Gasteiger partial charge in [0.2, 0.25) is 23.6 Å². The van der Waals surface area contributed by atoms with Crippen molar-refractivity contribution in [3.8, 4) is 11.1 Å². The van der Waals surface area contributed by atoms with Crippen molar-refractivity contribution in [3.63, 3.8) is 0 Å². The number of imide groups is 1. The third kappa shape index (κ3) is 9.61. The van der Waals surface area contributed by atoms with Gasteiger partial charge in [0.05, 0.1) is 12.3 Å². The molecule has 3 heterocycles. The number of benzene rings is 2. The number of rotatable bonds is 15. The van der Waals surface area contributed by atoms with Crippen molar-refractivity contribution in [1.82, 2.24) is 40.4 Å². The fraction of sp³-hybridized carbons (Fsp3) is 0.488. The first-order valence-electron chi connectivity index (χ1n) is 19.8. The number of fused-ring (bicyclic) bond motifs is 2. The molecule has 2 aliphatic heterocycles. The molecule has 1 aromatic heterocycles. The van der Waals surface area contributed by atoms with Gasteiger partial charge in [-0.1, -0.05) is 30.3 Å². The Hall–Kier alpha value is -5.85. The number of β-amino-alcohol motifs (C(OH)–C–C–N with tert-alkyl or cyclic N) is 1. The van der Waals surface area contributed by atoms with Crippen LogP contribution in [-0.2, 0) is 49.0 Å². The lowest BCUT2D eigenvalue weighted by Gasteiger charge is -2.32. The highest BCUT2D eigenvalue weighted by molar-refractivity contribution is 6.10. The number of urea groups is 1. The number of aromatic nitrogens is 2. The Bertz CT molecular complexity index is 2130. The first kappa shape index (κ1) is 43.7. The standard InChI is InChI=1S/C41H48F4N8O7/c1-24-16-32(54)21-51(24)37(58)25(2)48-34(55)6-4-5-15-46-35(56)22-50-20-30(18-47-50)28-9-12-33-29(17-28)13-14-40(33)38(59)53(39(60)49-40)23-36(57)52(26(3)41(43,44)45)19-27-7-10-31(42)11-8-27/h7-12,17-18,20,24-26,32,54H,4-6,13-16,19,21-23H2,1-3H3,(H,46,56)(H,48,55)(H,49,60)/t24-,25+,26+,32-,40+/m1/s1. The second-order valence-corrected chi connectivity index (χ2v) is 15.7. The van der Waals surface area contributed by atoms with Crippen molar-refractivity contribution in [2.24, 2.45) is 0 Å². The van der Waals surface area contributed by atoms with Crippen LogP contribution in [0, 0.1) is 5.82 Å². The number of hydrogen-bond acceptors (Lipinski definition) is 8. The summed E-state index contributed by atoms with van der Waals surface area (Å²) in [6.45, 7) is 3.31. The predicted octanol–water partition coefficient (Wildman–Crippen LogP) is 3.14. The van der Waals surface area contributed by atoms with Gasteiger partial charge in [-0.25, -0.2) is 9.18 Å². The average molecular weight is 841 g/mol. The molecular weight excluding hydrogens is 792 g/mol. The number of carbonyl (C=O) groups excluding carboxylic acids is 6. The molecule has 4 N–H and O–H groups in total. The monoisotopic (exact) mass is 840 g/mol. The molecule has 6 rings (SSSR count). The molecule has 19 heteroatoms. The number of nitrogens with zero attached hydrogens (tertiary/aromatic N) is 5. The van der Waals surface area contributed by atoms with E-state index in [4.69, 9.17) is 0 Å². The third-order valence-electron chi connectivity index (χ3n) is 11.3. The second-order valence-electron chi connectivity index (χ2n) is 15.7. The van der Waals surface area contributed by atoms with Gasteiger partial charge < -0.3 is 30.9 Å². The van der Waals surface area contributed by atoms with Crippen molar-refractivity contribution in [2.75, 3.05) is 19.6 Å². The average Bonchev–Trinajstić information content (AvgIpc) is 3.95. The van der Waals surface area contributed by atoms with Crippen LogP contribution in [0.2, 0.25) is 0 Å². The molecule has 0 unspecified atom stereocenters. The van der Waals surface area contributed by atoms with Gasteiger partial charge in [0.25, 0.3) is 5.91 Å². The Morgan fingerprint density at radius 2 is 1.77 bits per heavy atom. The zero-order valence-electron chi connectivity index (χ0n) is 33.4. The normalized spacial score (nSPS) is 20.9. The Morgan fingerprint density at radius 1 is 1.03 bits per heavy atom. The quantitative estimate of drug-likeness (QED) is 0.102. The highest BCUT2D eigenvalue weighted by Gasteiger charge is 2.56. The lowest BCUT2D eigenvalue weighted by molar-refractivity contribution is -0.187. The Labute approximate surface area is 343 Å². The van der Waals surface area contributed by atoms with E-state index in [9.17, 15) is 51.4 Å². The maximum Gasteiger partial charge on any atom is 0.408 e. The van der Waals surface area contributed by atoms with E-state index in [1.54, 1.807) is 36.4 Å². The summed E-state index contributed by atoms with van der Waals surface area (Å²) in [7, 11) is 0. The van der Waals surface area contributed by atoms with E-state index in [1.807, 2.05) is 13.0 Å². The summed E-state index contributed by atoms with van der Waals surface area (Å²) in [5.74, 6) is -3.28. The van der Waals surface area contributed by atoms with Gasteiger partial charge in [0, 0.05) is 43.9 Å². The van der Waals surface area contributed by atoms with Crippen LogP contribution in [0.3, 0.4) is 0 Å². The summed E-state index contributed by atoms with van der Waals surface area (Å²) in [6.07, 6.45) is 0.108. The summed E-state index contributed by atoms with van der Waals surface area (Å²) < 4.78 is 56.4. The maximum atomic E-state index is 13.9. The van der Waals surface area contributed by atoms with Crippen LogP contribution < -0.4 is 16.0 Å².